The van der Waals surface area contributed by atoms with E-state index < -0.39 is 24.3 Å². The van der Waals surface area contributed by atoms with Crippen molar-refractivity contribution in [3.05, 3.63) is 72.4 Å². The van der Waals surface area contributed by atoms with E-state index in [9.17, 15) is 19.2 Å². The predicted octanol–water partition coefficient (Wildman–Crippen LogP) is 7.38. The van der Waals surface area contributed by atoms with Crippen molar-refractivity contribution in [2.24, 2.45) is 11.8 Å². The second-order valence-corrected chi connectivity index (χ2v) is 15.8. The molecule has 0 bridgehead atoms. The van der Waals surface area contributed by atoms with Gasteiger partial charge in [0.25, 0.3) is 0 Å². The molecule has 0 spiro atoms. The van der Waals surface area contributed by atoms with E-state index >= 15 is 0 Å². The van der Waals surface area contributed by atoms with Crippen LogP contribution in [-0.4, -0.2) is 88.2 Å². The molecule has 3 aromatic carbocycles. The van der Waals surface area contributed by atoms with Gasteiger partial charge in [-0.1, -0.05) is 39.8 Å². The quantitative estimate of drug-likeness (QED) is 0.0691. The number of rotatable bonds is 14. The van der Waals surface area contributed by atoms with Gasteiger partial charge in [0, 0.05) is 25.1 Å². The molecule has 16 heteroatoms. The van der Waals surface area contributed by atoms with Crippen LogP contribution >= 0.6 is 0 Å². The van der Waals surface area contributed by atoms with E-state index in [4.69, 9.17) is 19.2 Å². The molecular formula is C44H52N8O8. The van der Waals surface area contributed by atoms with Gasteiger partial charge >= 0.3 is 12.2 Å². The normalized spacial score (nSPS) is 15.4. The molecule has 5 N–H and O–H groups in total. The number of nitrogens with zero attached hydrogens (tertiary/aromatic N) is 3. The highest BCUT2D eigenvalue weighted by Gasteiger charge is 2.37. The molecule has 0 saturated carbocycles. The van der Waals surface area contributed by atoms with Crippen LogP contribution in [0.2, 0.25) is 0 Å². The topological polar surface area (TPSA) is 202 Å². The van der Waals surface area contributed by atoms with Crippen molar-refractivity contribution in [3.63, 3.8) is 0 Å². The summed E-state index contributed by atoms with van der Waals surface area (Å²) in [5, 5.41) is 8.18. The summed E-state index contributed by atoms with van der Waals surface area (Å²) in [6.07, 6.45) is 4.38. The van der Waals surface area contributed by atoms with Crippen LogP contribution in [0.15, 0.2) is 60.8 Å². The van der Waals surface area contributed by atoms with Crippen molar-refractivity contribution < 1.29 is 38.1 Å². The highest BCUT2D eigenvalue weighted by Crippen LogP contribution is 2.48. The minimum atomic E-state index is -0.704. The lowest BCUT2D eigenvalue weighted by molar-refractivity contribution is -0.135. The molecule has 1 unspecified atom stereocenters. The number of ether oxygens (including phenoxy) is 4. The van der Waals surface area contributed by atoms with Crippen molar-refractivity contribution in [2.75, 3.05) is 27.3 Å². The molecule has 2 aliphatic heterocycles. The summed E-state index contributed by atoms with van der Waals surface area (Å²) < 4.78 is 22.1. The Kier molecular flexibility index (Phi) is 12.6. The number of hydrogen-bond acceptors (Lipinski definition) is 10. The maximum Gasteiger partial charge on any atom is 0.407 e. The molecule has 16 nitrogen and oxygen atoms in total. The predicted molar refractivity (Wildman–Crippen MR) is 224 cm³/mol. The fourth-order valence-electron chi connectivity index (χ4n) is 7.58. The van der Waals surface area contributed by atoms with E-state index in [-0.39, 0.29) is 29.7 Å². The van der Waals surface area contributed by atoms with Crippen LogP contribution in [0.4, 0.5) is 9.59 Å². The monoisotopic (exact) mass is 820 g/mol. The number of likely N-dealkylation sites (tertiary alicyclic amines) is 1. The summed E-state index contributed by atoms with van der Waals surface area (Å²) in [7, 11) is 2.56. The first-order valence-electron chi connectivity index (χ1n) is 20.4. The van der Waals surface area contributed by atoms with Gasteiger partial charge in [-0.15, -0.1) is 0 Å². The number of benzene rings is 3. The first-order valence-corrected chi connectivity index (χ1v) is 20.4. The van der Waals surface area contributed by atoms with Crippen LogP contribution in [0.25, 0.3) is 33.4 Å². The molecule has 1 saturated heterocycles. The van der Waals surface area contributed by atoms with Gasteiger partial charge in [0.2, 0.25) is 11.8 Å². The zero-order valence-electron chi connectivity index (χ0n) is 34.7. The lowest BCUT2D eigenvalue weighted by Gasteiger charge is -2.29. The molecule has 0 aliphatic carbocycles. The number of aromatic amines is 2. The maximum atomic E-state index is 13.6. The number of carbonyl (C=O) groups is 4. The smallest absolute Gasteiger partial charge is 0.407 e. The Morgan fingerprint density at radius 1 is 0.800 bits per heavy atom. The average Bonchev–Trinajstić information content (AvgIpc) is 4.03. The summed E-state index contributed by atoms with van der Waals surface area (Å²) in [6.45, 7) is 8.58. The van der Waals surface area contributed by atoms with Gasteiger partial charge in [-0.3, -0.25) is 9.59 Å². The van der Waals surface area contributed by atoms with Crippen molar-refractivity contribution in [2.45, 2.75) is 77.9 Å². The number of methoxy groups -OCH3 is 2. The number of aromatic nitrogens is 4. The SMILES string of the molecule is COC(=O)NC(C(=O)NCCCCc1ncc(-c2ccc3c(c2)Oc2ccc(-c4ccc5nc([C@@H]6CCCN6C(=O)[C@@H](NC(=O)OC)C(C)C)[nH]c5c4)cc2O3)[nH]1)C(C)C. The van der Waals surface area contributed by atoms with Crippen LogP contribution in [0.5, 0.6) is 23.0 Å². The number of nitrogens with one attached hydrogen (secondary N) is 5. The van der Waals surface area contributed by atoms with Crippen molar-refractivity contribution >= 4 is 35.0 Å². The Morgan fingerprint density at radius 3 is 2.12 bits per heavy atom. The summed E-state index contributed by atoms with van der Waals surface area (Å²) in [6, 6.07) is 16.0. The largest absolute Gasteiger partial charge is 0.453 e. The fourth-order valence-corrected chi connectivity index (χ4v) is 7.58. The van der Waals surface area contributed by atoms with Crippen molar-refractivity contribution in [1.29, 1.82) is 0 Å². The summed E-state index contributed by atoms with van der Waals surface area (Å²) >= 11 is 0. The molecule has 4 heterocycles. The van der Waals surface area contributed by atoms with Crippen LogP contribution in [0.1, 0.15) is 71.1 Å². The third-order valence-electron chi connectivity index (χ3n) is 10.9. The summed E-state index contributed by atoms with van der Waals surface area (Å²) in [5.41, 5.74) is 5.28. The highest BCUT2D eigenvalue weighted by atomic mass is 16.6. The lowest BCUT2D eigenvalue weighted by Crippen LogP contribution is -2.51. The van der Waals surface area contributed by atoms with E-state index in [2.05, 4.69) is 35.6 Å². The van der Waals surface area contributed by atoms with Gasteiger partial charge in [0.1, 0.15) is 23.7 Å². The number of fused-ring (bicyclic) bond motifs is 3. The highest BCUT2D eigenvalue weighted by molar-refractivity contribution is 5.87. The van der Waals surface area contributed by atoms with Crippen molar-refractivity contribution in [1.82, 2.24) is 40.8 Å². The number of H-pyrrole nitrogens is 2. The van der Waals surface area contributed by atoms with E-state index in [1.165, 1.54) is 14.2 Å². The van der Waals surface area contributed by atoms with E-state index in [0.29, 0.717) is 48.3 Å². The molecule has 0 radical (unpaired) electrons. The van der Waals surface area contributed by atoms with Gasteiger partial charge in [-0.05, 0) is 91.1 Å². The van der Waals surface area contributed by atoms with Gasteiger partial charge in [0.05, 0.1) is 43.2 Å². The third kappa shape index (κ3) is 9.17. The van der Waals surface area contributed by atoms with E-state index in [1.807, 2.05) is 82.3 Å². The second-order valence-electron chi connectivity index (χ2n) is 15.8. The molecule has 7 rings (SSSR count). The Morgan fingerprint density at radius 2 is 1.43 bits per heavy atom. The number of hydrogen-bond donors (Lipinski definition) is 5. The Bertz CT molecular complexity index is 2370. The van der Waals surface area contributed by atoms with Gasteiger partial charge in [0.15, 0.2) is 23.0 Å². The lowest BCUT2D eigenvalue weighted by atomic mass is 10.0. The Balaban J connectivity index is 0.961. The van der Waals surface area contributed by atoms with Gasteiger partial charge in [-0.2, -0.15) is 0 Å². The zero-order valence-corrected chi connectivity index (χ0v) is 34.7. The molecule has 2 aliphatic rings. The summed E-state index contributed by atoms with van der Waals surface area (Å²) in [5.74, 6) is 3.33. The van der Waals surface area contributed by atoms with Gasteiger partial charge in [-0.25, -0.2) is 19.6 Å². The molecule has 2 aromatic heterocycles. The zero-order chi connectivity index (χ0) is 42.5. The maximum absolute atomic E-state index is 13.6. The molecular weight excluding hydrogens is 769 g/mol. The number of unbranched alkanes of at least 4 members (excludes halogenated alkanes) is 1. The van der Waals surface area contributed by atoms with Crippen LogP contribution in [0.3, 0.4) is 0 Å². The molecule has 5 aromatic rings. The number of imidazole rings is 2. The first-order chi connectivity index (χ1) is 28.9. The Hall–Kier alpha value is -6.58. The number of amides is 4. The average molecular weight is 821 g/mol. The third-order valence-corrected chi connectivity index (χ3v) is 10.9. The number of alkyl carbamates (subject to hydrolysis) is 2. The van der Waals surface area contributed by atoms with Crippen LogP contribution < -0.4 is 25.4 Å². The molecule has 60 heavy (non-hydrogen) atoms. The standard InChI is InChI=1S/C44H52N8O8/c1-24(2)38(50-43(55)57-5)41(53)45-18-8-7-11-37-46-23-31(47-37)28-14-17-34-36(22-28)60-33-16-13-27(21-35(33)59-34)26-12-15-29-30(20-26)49-40(48-29)32-10-9-19-52(32)42(54)39(25(3)4)51-44(56)58-6/h12-17,20-25,32,38-39H,7-11,18-19H2,1-6H3,(H,45,53)(H,46,47)(H,48,49)(H,50,55)(H,51,56)/t32-,38?,39-/m0/s1. The van der Waals surface area contributed by atoms with Crippen LogP contribution in [-0.2, 0) is 25.5 Å². The van der Waals surface area contributed by atoms with E-state index in [0.717, 1.165) is 64.9 Å². The molecule has 4 amide bonds. The minimum Gasteiger partial charge on any atom is -0.453 e. The second kappa shape index (κ2) is 18.1. The Labute approximate surface area is 348 Å². The minimum absolute atomic E-state index is 0.0828. The molecule has 3 atom stereocenters. The number of aryl methyl sites for hydroxylation is 1. The fraction of sp³-hybridized carbons (Fsp3) is 0.409. The van der Waals surface area contributed by atoms with Gasteiger partial charge < -0.3 is 49.8 Å². The number of carbonyl (C=O) groups excluding carboxylic acids is 4. The van der Waals surface area contributed by atoms with Crippen molar-refractivity contribution in [3.8, 4) is 45.4 Å². The first kappa shape index (κ1) is 41.6. The molecule has 316 valence electrons. The van der Waals surface area contributed by atoms with Crippen LogP contribution in [0, 0.1) is 11.8 Å². The summed E-state index contributed by atoms with van der Waals surface area (Å²) in [4.78, 5) is 67.9. The van der Waals surface area contributed by atoms with E-state index in [1.54, 1.807) is 11.1 Å². The molecule has 1 fully saturated rings.